The minimum atomic E-state index is -1.35. The van der Waals surface area contributed by atoms with Gasteiger partial charge in [0.1, 0.15) is 0 Å². The second kappa shape index (κ2) is 5.53. The molecule has 0 saturated carbocycles. The number of hydrogen-bond acceptors (Lipinski definition) is 4. The predicted octanol–water partition coefficient (Wildman–Crippen LogP) is 2.25. The lowest BCUT2D eigenvalue weighted by atomic mass is 9.89. The molecule has 5 heteroatoms. The Morgan fingerprint density at radius 2 is 2.11 bits per heavy atom. The summed E-state index contributed by atoms with van der Waals surface area (Å²) in [6, 6.07) is 7.41. The van der Waals surface area contributed by atoms with Gasteiger partial charge in [0.15, 0.2) is 5.60 Å². The molecule has 4 nitrogen and oxygen atoms in total. The Kier molecular flexibility index (Phi) is 4.18. The molecule has 2 rings (SSSR count). The average molecular weight is 282 g/mol. The molecule has 2 N–H and O–H groups in total. The van der Waals surface area contributed by atoms with Crippen LogP contribution in [0.3, 0.4) is 0 Å². The standard InChI is InChI=1S/C14H18O4S/c1-9(15)10(2)18-14(13(16)17)7-8-19-12-6-4-3-5-11(12)14/h3-6,9-10,15H,7-8H2,1-2H3,(H,16,17). The van der Waals surface area contributed by atoms with Crippen LogP contribution in [0, 0.1) is 0 Å². The van der Waals surface area contributed by atoms with Crippen molar-refractivity contribution in [1.29, 1.82) is 0 Å². The summed E-state index contributed by atoms with van der Waals surface area (Å²) in [7, 11) is 0. The number of aliphatic hydroxyl groups is 1. The maximum atomic E-state index is 11.8. The molecule has 0 radical (unpaired) electrons. The van der Waals surface area contributed by atoms with Gasteiger partial charge in [-0.2, -0.15) is 0 Å². The number of benzene rings is 1. The van der Waals surface area contributed by atoms with Gasteiger partial charge in [0.05, 0.1) is 12.2 Å². The van der Waals surface area contributed by atoms with Crippen molar-refractivity contribution in [2.45, 2.75) is 43.0 Å². The summed E-state index contributed by atoms with van der Waals surface area (Å²) in [5, 5.41) is 19.2. The van der Waals surface area contributed by atoms with Gasteiger partial charge in [-0.25, -0.2) is 4.79 Å². The average Bonchev–Trinajstić information content (AvgIpc) is 2.38. The van der Waals surface area contributed by atoms with Gasteiger partial charge < -0.3 is 14.9 Å². The van der Waals surface area contributed by atoms with Crippen molar-refractivity contribution in [2.75, 3.05) is 5.75 Å². The summed E-state index contributed by atoms with van der Waals surface area (Å²) < 4.78 is 5.77. The van der Waals surface area contributed by atoms with Gasteiger partial charge in [0.25, 0.3) is 0 Å². The number of hydrogen-bond donors (Lipinski definition) is 2. The molecule has 0 spiro atoms. The number of carboxylic acids is 1. The van der Waals surface area contributed by atoms with E-state index in [1.807, 2.05) is 18.2 Å². The molecule has 3 atom stereocenters. The molecule has 1 aliphatic heterocycles. The second-order valence-corrected chi connectivity index (χ2v) is 5.93. The first-order valence-electron chi connectivity index (χ1n) is 6.29. The third kappa shape index (κ3) is 2.63. The van der Waals surface area contributed by atoms with E-state index in [0.29, 0.717) is 17.7 Å². The largest absolute Gasteiger partial charge is 0.479 e. The summed E-state index contributed by atoms with van der Waals surface area (Å²) >= 11 is 1.64. The molecule has 0 bridgehead atoms. The lowest BCUT2D eigenvalue weighted by molar-refractivity contribution is -0.184. The van der Waals surface area contributed by atoms with Crippen molar-refractivity contribution in [3.63, 3.8) is 0 Å². The van der Waals surface area contributed by atoms with Crippen molar-refractivity contribution in [1.82, 2.24) is 0 Å². The summed E-state index contributed by atoms with van der Waals surface area (Å²) in [5.41, 5.74) is -0.663. The third-order valence-corrected chi connectivity index (χ3v) is 4.52. The number of carboxylic acid groups (broad SMARTS) is 1. The smallest absolute Gasteiger partial charge is 0.340 e. The molecule has 0 saturated heterocycles. The summed E-state index contributed by atoms with van der Waals surface area (Å²) in [5.74, 6) is -0.303. The van der Waals surface area contributed by atoms with Gasteiger partial charge in [-0.1, -0.05) is 18.2 Å². The van der Waals surface area contributed by atoms with Gasteiger partial charge in [0.2, 0.25) is 0 Å². The molecule has 1 aromatic carbocycles. The number of ether oxygens (including phenoxy) is 1. The highest BCUT2D eigenvalue weighted by atomic mass is 32.2. The molecular weight excluding hydrogens is 264 g/mol. The van der Waals surface area contributed by atoms with E-state index in [1.54, 1.807) is 31.7 Å². The van der Waals surface area contributed by atoms with Crippen LogP contribution in [0.1, 0.15) is 25.8 Å². The van der Waals surface area contributed by atoms with Gasteiger partial charge in [-0.3, -0.25) is 0 Å². The molecule has 0 amide bonds. The number of fused-ring (bicyclic) bond motifs is 1. The SMILES string of the molecule is CC(O)C(C)OC1(C(=O)O)CCSc2ccccc21. The lowest BCUT2D eigenvalue weighted by Crippen LogP contribution is -2.45. The fourth-order valence-electron chi connectivity index (χ4n) is 2.18. The van der Waals surface area contributed by atoms with Crippen LogP contribution in [-0.4, -0.2) is 34.1 Å². The third-order valence-electron chi connectivity index (χ3n) is 3.45. The van der Waals surface area contributed by atoms with Crippen LogP contribution in [0.15, 0.2) is 29.2 Å². The van der Waals surface area contributed by atoms with E-state index in [-0.39, 0.29) is 0 Å². The van der Waals surface area contributed by atoms with Crippen LogP contribution in [0.5, 0.6) is 0 Å². The van der Waals surface area contributed by atoms with Crippen LogP contribution in [-0.2, 0) is 15.1 Å². The topological polar surface area (TPSA) is 66.8 Å². The Morgan fingerprint density at radius 1 is 1.42 bits per heavy atom. The Balaban J connectivity index is 2.44. The highest BCUT2D eigenvalue weighted by molar-refractivity contribution is 7.99. The van der Waals surface area contributed by atoms with Crippen molar-refractivity contribution < 1.29 is 19.7 Å². The van der Waals surface area contributed by atoms with E-state index < -0.39 is 23.8 Å². The molecule has 0 aromatic heterocycles. The number of thioether (sulfide) groups is 1. The maximum Gasteiger partial charge on any atom is 0.340 e. The van der Waals surface area contributed by atoms with E-state index in [1.165, 1.54) is 0 Å². The monoisotopic (exact) mass is 282 g/mol. The highest BCUT2D eigenvalue weighted by Crippen LogP contribution is 2.43. The fourth-order valence-corrected chi connectivity index (χ4v) is 3.35. The minimum Gasteiger partial charge on any atom is -0.479 e. The molecule has 19 heavy (non-hydrogen) atoms. The molecule has 0 aliphatic carbocycles. The quantitative estimate of drug-likeness (QED) is 0.886. The van der Waals surface area contributed by atoms with E-state index in [9.17, 15) is 15.0 Å². The first-order chi connectivity index (χ1) is 8.97. The Morgan fingerprint density at radius 3 is 2.74 bits per heavy atom. The first kappa shape index (κ1) is 14.4. The van der Waals surface area contributed by atoms with Crippen molar-refractivity contribution in [2.24, 2.45) is 0 Å². The first-order valence-corrected chi connectivity index (χ1v) is 7.27. The summed E-state index contributed by atoms with van der Waals surface area (Å²) in [4.78, 5) is 12.7. The molecule has 0 fully saturated rings. The Hall–Kier alpha value is -1.04. The zero-order valence-corrected chi connectivity index (χ0v) is 11.8. The van der Waals surface area contributed by atoms with Crippen molar-refractivity contribution >= 4 is 17.7 Å². The summed E-state index contributed by atoms with van der Waals surface area (Å²) in [6.45, 7) is 3.30. The molecule has 1 aliphatic rings. The van der Waals surface area contributed by atoms with E-state index in [4.69, 9.17) is 4.74 Å². The van der Waals surface area contributed by atoms with Gasteiger partial charge in [-0.05, 0) is 19.9 Å². The van der Waals surface area contributed by atoms with Crippen LogP contribution < -0.4 is 0 Å². The fraction of sp³-hybridized carbons (Fsp3) is 0.500. The van der Waals surface area contributed by atoms with Crippen molar-refractivity contribution in [3.8, 4) is 0 Å². The maximum absolute atomic E-state index is 11.8. The Bertz CT molecular complexity index is 474. The number of rotatable bonds is 4. The highest BCUT2D eigenvalue weighted by Gasteiger charge is 2.46. The second-order valence-electron chi connectivity index (χ2n) is 4.79. The van der Waals surface area contributed by atoms with Gasteiger partial charge >= 0.3 is 5.97 Å². The molecule has 1 heterocycles. The zero-order valence-electron chi connectivity index (χ0n) is 11.0. The van der Waals surface area contributed by atoms with E-state index in [2.05, 4.69) is 0 Å². The molecule has 1 aromatic rings. The van der Waals surface area contributed by atoms with Crippen LogP contribution in [0.25, 0.3) is 0 Å². The van der Waals surface area contributed by atoms with Crippen LogP contribution in [0.4, 0.5) is 0 Å². The van der Waals surface area contributed by atoms with Crippen LogP contribution in [0.2, 0.25) is 0 Å². The number of aliphatic carboxylic acids is 1. The van der Waals surface area contributed by atoms with Crippen LogP contribution >= 0.6 is 11.8 Å². The van der Waals surface area contributed by atoms with E-state index >= 15 is 0 Å². The number of carbonyl (C=O) groups is 1. The predicted molar refractivity (Wildman–Crippen MR) is 73.3 cm³/mol. The van der Waals surface area contributed by atoms with Gasteiger partial charge in [-0.15, -0.1) is 11.8 Å². The summed E-state index contributed by atoms with van der Waals surface area (Å²) in [6.07, 6.45) is -0.841. The minimum absolute atomic E-state index is 0.404. The van der Waals surface area contributed by atoms with Crippen molar-refractivity contribution in [3.05, 3.63) is 29.8 Å². The molecule has 104 valence electrons. The van der Waals surface area contributed by atoms with Gasteiger partial charge in [0, 0.05) is 22.6 Å². The molecular formula is C14H18O4S. The number of aliphatic hydroxyl groups excluding tert-OH is 1. The zero-order chi connectivity index (χ0) is 14.0. The Labute approximate surface area is 116 Å². The molecule has 3 unspecified atom stereocenters. The lowest BCUT2D eigenvalue weighted by Gasteiger charge is -2.37. The van der Waals surface area contributed by atoms with E-state index in [0.717, 1.165) is 4.90 Å². The normalized spacial score (nSPS) is 25.4.